The van der Waals surface area contributed by atoms with Crippen LogP contribution in [0.15, 0.2) is 78.9 Å². The van der Waals surface area contributed by atoms with Gasteiger partial charge in [0, 0.05) is 16.7 Å². The van der Waals surface area contributed by atoms with E-state index in [2.05, 4.69) is 19.9 Å². The summed E-state index contributed by atoms with van der Waals surface area (Å²) in [5, 5.41) is 25.0. The summed E-state index contributed by atoms with van der Waals surface area (Å²) in [5.41, 5.74) is 2.50. The summed E-state index contributed by atoms with van der Waals surface area (Å²) in [6.07, 6.45) is -11.5. The van der Waals surface area contributed by atoms with Gasteiger partial charge in [0.05, 0.1) is 24.0 Å². The second-order valence-electron chi connectivity index (χ2n) is 9.37. The molecular formula is C29H23F6N3O6. The second kappa shape index (κ2) is 12.7. The molecule has 44 heavy (non-hydrogen) atoms. The Morgan fingerprint density at radius 1 is 0.841 bits per heavy atom. The van der Waals surface area contributed by atoms with E-state index in [0.717, 1.165) is 24.3 Å². The fraction of sp³-hybridized carbons (Fsp3) is 0.207. The van der Waals surface area contributed by atoms with Crippen molar-refractivity contribution < 1.29 is 55.6 Å². The van der Waals surface area contributed by atoms with Crippen molar-refractivity contribution in [1.29, 1.82) is 0 Å². The van der Waals surface area contributed by atoms with Gasteiger partial charge in [-0.15, -0.1) is 26.3 Å². The monoisotopic (exact) mass is 623 g/mol. The van der Waals surface area contributed by atoms with Crippen molar-refractivity contribution in [1.82, 2.24) is 15.1 Å². The molecule has 232 valence electrons. The topological polar surface area (TPSA) is 123 Å². The number of ether oxygens (including phenoxy) is 2. The van der Waals surface area contributed by atoms with Crippen molar-refractivity contribution in [2.24, 2.45) is 0 Å². The molecule has 3 N–H and O–H groups in total. The molecule has 1 aromatic heterocycles. The molecule has 9 nitrogen and oxygen atoms in total. The van der Waals surface area contributed by atoms with Crippen LogP contribution >= 0.6 is 0 Å². The lowest BCUT2D eigenvalue weighted by Crippen LogP contribution is -2.36. The predicted molar refractivity (Wildman–Crippen MR) is 143 cm³/mol. The summed E-state index contributed by atoms with van der Waals surface area (Å²) in [6.45, 7) is 1.27. The minimum atomic E-state index is -4.88. The maximum atomic E-state index is 12.7. The lowest BCUT2D eigenvalue weighted by atomic mass is 10.0. The van der Waals surface area contributed by atoms with Gasteiger partial charge in [-0.3, -0.25) is 9.48 Å². The molecule has 0 radical (unpaired) electrons. The molecular weight excluding hydrogens is 600 g/mol. The number of aliphatic hydroxyl groups excluding tert-OH is 1. The molecule has 3 aromatic carbocycles. The van der Waals surface area contributed by atoms with Gasteiger partial charge in [-0.05, 0) is 79.2 Å². The van der Waals surface area contributed by atoms with Gasteiger partial charge in [0.15, 0.2) is 6.10 Å². The molecule has 0 aliphatic rings. The fourth-order valence-corrected chi connectivity index (χ4v) is 4.13. The molecule has 1 amide bonds. The first-order valence-electron chi connectivity index (χ1n) is 12.7. The number of nitrogens with zero attached hydrogens (tertiary/aromatic N) is 2. The Labute approximate surface area is 245 Å². The van der Waals surface area contributed by atoms with Gasteiger partial charge in [-0.25, -0.2) is 4.79 Å². The molecule has 1 heterocycles. The van der Waals surface area contributed by atoms with E-state index in [1.54, 1.807) is 29.8 Å². The highest BCUT2D eigenvalue weighted by molar-refractivity contribution is 5.94. The first-order valence-corrected chi connectivity index (χ1v) is 12.7. The number of carboxylic acid groups (broad SMARTS) is 1. The summed E-state index contributed by atoms with van der Waals surface area (Å²) < 4.78 is 85.1. The van der Waals surface area contributed by atoms with E-state index < -0.39 is 54.8 Å². The first kappa shape index (κ1) is 31.9. The summed E-state index contributed by atoms with van der Waals surface area (Å²) in [7, 11) is 0. The zero-order chi connectivity index (χ0) is 32.2. The van der Waals surface area contributed by atoms with Crippen LogP contribution in [0, 0.1) is 0 Å². The number of hydrogen-bond acceptors (Lipinski definition) is 6. The number of aliphatic carboxylic acids is 1. The highest BCUT2D eigenvalue weighted by atomic mass is 19.4. The summed E-state index contributed by atoms with van der Waals surface area (Å²) in [6, 6.07) is 17.3. The highest BCUT2D eigenvalue weighted by Gasteiger charge is 2.32. The van der Waals surface area contributed by atoms with E-state index in [9.17, 15) is 41.0 Å². The molecule has 0 bridgehead atoms. The number of carbonyl (C=O) groups is 2. The van der Waals surface area contributed by atoms with Crippen molar-refractivity contribution in [3.8, 4) is 34.0 Å². The minimum absolute atomic E-state index is 0.182. The van der Waals surface area contributed by atoms with Gasteiger partial charge in [0.1, 0.15) is 11.5 Å². The van der Waals surface area contributed by atoms with Crippen LogP contribution in [0.1, 0.15) is 28.9 Å². The molecule has 15 heteroatoms. The van der Waals surface area contributed by atoms with Crippen LogP contribution in [0.4, 0.5) is 26.3 Å². The number of aromatic nitrogens is 2. The maximum absolute atomic E-state index is 12.7. The molecule has 0 aliphatic carbocycles. The van der Waals surface area contributed by atoms with E-state index in [-0.39, 0.29) is 5.56 Å². The quantitative estimate of drug-likeness (QED) is 0.191. The molecule has 2 unspecified atom stereocenters. The Hall–Kier alpha value is -5.05. The molecule has 4 aromatic rings. The molecule has 0 fully saturated rings. The van der Waals surface area contributed by atoms with Crippen LogP contribution in [-0.2, 0) is 4.79 Å². The zero-order valence-corrected chi connectivity index (χ0v) is 22.6. The summed E-state index contributed by atoms with van der Waals surface area (Å²) in [5.74, 6) is -2.98. The van der Waals surface area contributed by atoms with Gasteiger partial charge in [0.25, 0.3) is 5.91 Å². The summed E-state index contributed by atoms with van der Waals surface area (Å²) >= 11 is 0. The van der Waals surface area contributed by atoms with Crippen molar-refractivity contribution >= 4 is 11.9 Å². The van der Waals surface area contributed by atoms with Crippen LogP contribution in [-0.4, -0.2) is 57.2 Å². The zero-order valence-electron chi connectivity index (χ0n) is 22.6. The average molecular weight is 624 g/mol. The van der Waals surface area contributed by atoms with E-state index in [4.69, 9.17) is 5.11 Å². The standard InChI is InChI=1S/C29H23F6N3O6/c1-16(17-2-4-20(5-3-17)26(40)36-15-25(39)27(41)42)38-24(19-8-12-22(13-9-19)44-29(33,34)35)14-23(37-38)18-6-10-21(11-7-18)43-28(30,31)32/h2-14,16,25,39H,15H2,1H3,(H,36,40)(H,41,42). The molecule has 0 spiro atoms. The minimum Gasteiger partial charge on any atom is -0.479 e. The van der Waals surface area contributed by atoms with Gasteiger partial charge < -0.3 is 25.0 Å². The molecule has 2 atom stereocenters. The first-order chi connectivity index (χ1) is 20.6. The Morgan fingerprint density at radius 2 is 1.34 bits per heavy atom. The van der Waals surface area contributed by atoms with Crippen LogP contribution in [0.3, 0.4) is 0 Å². The van der Waals surface area contributed by atoms with Crippen LogP contribution in [0.2, 0.25) is 0 Å². The van der Waals surface area contributed by atoms with Crippen LogP contribution in [0.5, 0.6) is 11.5 Å². The van der Waals surface area contributed by atoms with E-state index in [1.165, 1.54) is 36.4 Å². The largest absolute Gasteiger partial charge is 0.573 e. The van der Waals surface area contributed by atoms with Crippen molar-refractivity contribution in [2.75, 3.05) is 6.54 Å². The van der Waals surface area contributed by atoms with Crippen molar-refractivity contribution in [3.05, 3.63) is 90.0 Å². The lowest BCUT2D eigenvalue weighted by molar-refractivity contribution is -0.275. The summed E-state index contributed by atoms with van der Waals surface area (Å²) in [4.78, 5) is 23.1. The van der Waals surface area contributed by atoms with Gasteiger partial charge >= 0.3 is 18.7 Å². The second-order valence-corrected chi connectivity index (χ2v) is 9.37. The van der Waals surface area contributed by atoms with Gasteiger partial charge in [-0.2, -0.15) is 5.10 Å². The third-order valence-electron chi connectivity index (χ3n) is 6.27. The number of nitrogens with one attached hydrogen (secondary N) is 1. The smallest absolute Gasteiger partial charge is 0.479 e. The number of carbonyl (C=O) groups excluding carboxylic acids is 1. The Kier molecular flexibility index (Phi) is 9.18. The maximum Gasteiger partial charge on any atom is 0.573 e. The van der Waals surface area contributed by atoms with Crippen molar-refractivity contribution in [2.45, 2.75) is 31.8 Å². The van der Waals surface area contributed by atoms with Crippen LogP contribution in [0.25, 0.3) is 22.5 Å². The molecule has 0 aliphatic heterocycles. The Morgan fingerprint density at radius 3 is 1.82 bits per heavy atom. The number of halogens is 6. The number of carboxylic acids is 1. The average Bonchev–Trinajstić information content (AvgIpc) is 3.40. The van der Waals surface area contributed by atoms with Gasteiger partial charge in [-0.1, -0.05) is 12.1 Å². The number of rotatable bonds is 10. The number of hydrogen-bond donors (Lipinski definition) is 3. The third-order valence-corrected chi connectivity index (χ3v) is 6.27. The SMILES string of the molecule is CC(c1ccc(C(=O)NCC(O)C(=O)O)cc1)n1nc(-c2ccc(OC(F)(F)F)cc2)cc1-c1ccc(OC(F)(F)F)cc1. The van der Waals surface area contributed by atoms with Gasteiger partial charge in [0.2, 0.25) is 0 Å². The molecule has 0 saturated heterocycles. The van der Waals surface area contributed by atoms with Crippen LogP contribution < -0.4 is 14.8 Å². The fourth-order valence-electron chi connectivity index (χ4n) is 4.13. The highest BCUT2D eigenvalue weighted by Crippen LogP contribution is 2.34. The van der Waals surface area contributed by atoms with E-state index in [0.29, 0.717) is 28.1 Å². The molecule has 0 saturated carbocycles. The third kappa shape index (κ3) is 8.28. The Balaban J connectivity index is 1.65. The van der Waals surface area contributed by atoms with E-state index >= 15 is 0 Å². The number of benzene rings is 3. The molecule has 4 rings (SSSR count). The number of amides is 1. The number of alkyl halides is 6. The predicted octanol–water partition coefficient (Wildman–Crippen LogP) is 5.80. The number of aliphatic hydroxyl groups is 1. The lowest BCUT2D eigenvalue weighted by Gasteiger charge is -2.17. The normalized spacial score (nSPS) is 13.2. The van der Waals surface area contributed by atoms with E-state index in [1.807, 2.05) is 0 Å². The Bertz CT molecular complexity index is 1600. The van der Waals surface area contributed by atoms with Crippen molar-refractivity contribution in [3.63, 3.8) is 0 Å².